The van der Waals surface area contributed by atoms with Gasteiger partial charge in [0.25, 0.3) is 0 Å². The number of anilines is 1. The van der Waals surface area contributed by atoms with Gasteiger partial charge in [-0.1, -0.05) is 19.9 Å². The second-order valence-electron chi connectivity index (χ2n) is 5.76. The van der Waals surface area contributed by atoms with Gasteiger partial charge in [-0.3, -0.25) is 9.59 Å². The molecule has 4 heteroatoms. The highest BCUT2D eigenvalue weighted by Crippen LogP contribution is 2.63. The van der Waals surface area contributed by atoms with Crippen LogP contribution in [0.2, 0.25) is 0 Å². The van der Waals surface area contributed by atoms with Crippen LogP contribution in [0.5, 0.6) is 5.75 Å². The molecular weight excluding hydrogens is 230 g/mol. The first-order valence-electron chi connectivity index (χ1n) is 6.03. The molecule has 2 atom stereocenters. The molecule has 0 aromatic heterocycles. The molecule has 3 rings (SSSR count). The van der Waals surface area contributed by atoms with E-state index in [1.807, 2.05) is 13.8 Å². The monoisotopic (exact) mass is 245 g/mol. The molecule has 1 N–H and O–H groups in total. The van der Waals surface area contributed by atoms with Crippen LogP contribution in [0.15, 0.2) is 18.2 Å². The Morgan fingerprint density at radius 3 is 2.22 bits per heavy atom. The highest BCUT2D eigenvalue weighted by atomic mass is 16.3. The van der Waals surface area contributed by atoms with Crippen molar-refractivity contribution in [3.63, 3.8) is 0 Å². The summed E-state index contributed by atoms with van der Waals surface area (Å²) in [5, 5.41) is 9.66. The first-order chi connectivity index (χ1) is 8.35. The van der Waals surface area contributed by atoms with Gasteiger partial charge >= 0.3 is 0 Å². The molecule has 1 saturated carbocycles. The van der Waals surface area contributed by atoms with Crippen LogP contribution in [0.3, 0.4) is 0 Å². The van der Waals surface area contributed by atoms with Crippen LogP contribution in [-0.4, -0.2) is 16.9 Å². The zero-order valence-electron chi connectivity index (χ0n) is 10.6. The molecule has 2 fully saturated rings. The third-order valence-corrected chi connectivity index (χ3v) is 4.25. The van der Waals surface area contributed by atoms with Crippen LogP contribution in [0.25, 0.3) is 0 Å². The quantitative estimate of drug-likeness (QED) is 0.768. The van der Waals surface area contributed by atoms with Crippen LogP contribution in [0, 0.1) is 24.2 Å². The summed E-state index contributed by atoms with van der Waals surface area (Å²) in [6.07, 6.45) is 0. The Morgan fingerprint density at radius 2 is 1.72 bits per heavy atom. The SMILES string of the molecule is Cc1ccc(N2C(=O)C3C(C2=O)C3(C)C)cc1O. The van der Waals surface area contributed by atoms with Gasteiger partial charge < -0.3 is 5.11 Å². The largest absolute Gasteiger partial charge is 0.508 e. The van der Waals surface area contributed by atoms with Crippen molar-refractivity contribution in [1.82, 2.24) is 0 Å². The number of aryl methyl sites for hydroxylation is 1. The molecular formula is C14H15NO3. The molecule has 1 aliphatic carbocycles. The molecule has 0 radical (unpaired) electrons. The lowest BCUT2D eigenvalue weighted by molar-refractivity contribution is -0.125. The fourth-order valence-corrected chi connectivity index (χ4v) is 2.94. The molecule has 94 valence electrons. The number of benzene rings is 1. The number of amides is 2. The van der Waals surface area contributed by atoms with E-state index in [0.29, 0.717) is 5.69 Å². The Labute approximate surface area is 105 Å². The highest BCUT2D eigenvalue weighted by molar-refractivity contribution is 6.25. The number of rotatable bonds is 1. The molecule has 0 bridgehead atoms. The van der Waals surface area contributed by atoms with Crippen LogP contribution in [-0.2, 0) is 9.59 Å². The molecule has 4 nitrogen and oxygen atoms in total. The first-order valence-corrected chi connectivity index (χ1v) is 6.03. The van der Waals surface area contributed by atoms with Crippen LogP contribution in [0.1, 0.15) is 19.4 Å². The van der Waals surface area contributed by atoms with Crippen LogP contribution >= 0.6 is 0 Å². The summed E-state index contributed by atoms with van der Waals surface area (Å²) in [7, 11) is 0. The van der Waals surface area contributed by atoms with E-state index in [4.69, 9.17) is 0 Å². The minimum atomic E-state index is -0.197. The van der Waals surface area contributed by atoms with Crippen molar-refractivity contribution in [2.45, 2.75) is 20.8 Å². The van der Waals surface area contributed by atoms with Gasteiger partial charge in [-0.25, -0.2) is 4.90 Å². The minimum absolute atomic E-state index is 0.105. The van der Waals surface area contributed by atoms with E-state index in [2.05, 4.69) is 0 Å². The third kappa shape index (κ3) is 1.20. The van der Waals surface area contributed by atoms with Gasteiger partial charge in [0.05, 0.1) is 17.5 Å². The van der Waals surface area contributed by atoms with E-state index in [1.165, 1.54) is 11.0 Å². The second-order valence-corrected chi connectivity index (χ2v) is 5.76. The summed E-state index contributed by atoms with van der Waals surface area (Å²) in [5.41, 5.74) is 0.997. The smallest absolute Gasteiger partial charge is 0.238 e. The van der Waals surface area contributed by atoms with Crippen molar-refractivity contribution in [2.24, 2.45) is 17.3 Å². The molecule has 1 aliphatic heterocycles. The van der Waals surface area contributed by atoms with E-state index in [-0.39, 0.29) is 34.8 Å². The minimum Gasteiger partial charge on any atom is -0.508 e. The predicted octanol–water partition coefficient (Wildman–Crippen LogP) is 1.85. The number of fused-ring (bicyclic) bond motifs is 1. The number of hydrogen-bond donors (Lipinski definition) is 1. The average molecular weight is 245 g/mol. The van der Waals surface area contributed by atoms with Gasteiger partial charge in [0.2, 0.25) is 11.8 Å². The molecule has 2 unspecified atom stereocenters. The number of phenols is 1. The number of aromatic hydroxyl groups is 1. The highest BCUT2D eigenvalue weighted by Gasteiger charge is 2.72. The molecule has 2 aliphatic rings. The maximum absolute atomic E-state index is 12.2. The molecule has 1 aromatic rings. The molecule has 1 heterocycles. The third-order valence-electron chi connectivity index (χ3n) is 4.25. The Bertz CT molecular complexity index is 552. The topological polar surface area (TPSA) is 57.6 Å². The number of imide groups is 1. The Kier molecular flexibility index (Phi) is 1.96. The van der Waals surface area contributed by atoms with Gasteiger partial charge in [0.1, 0.15) is 5.75 Å². The fraction of sp³-hybridized carbons (Fsp3) is 0.429. The van der Waals surface area contributed by atoms with Crippen LogP contribution < -0.4 is 4.90 Å². The Balaban J connectivity index is 1.98. The first kappa shape index (κ1) is 11.3. The van der Waals surface area contributed by atoms with Gasteiger partial charge in [-0.15, -0.1) is 0 Å². The number of carbonyl (C=O) groups is 2. The summed E-state index contributed by atoms with van der Waals surface area (Å²) in [4.78, 5) is 25.6. The summed E-state index contributed by atoms with van der Waals surface area (Å²) < 4.78 is 0. The van der Waals surface area contributed by atoms with Crippen LogP contribution in [0.4, 0.5) is 5.69 Å². The predicted molar refractivity (Wildman–Crippen MR) is 66.1 cm³/mol. The van der Waals surface area contributed by atoms with Gasteiger partial charge in [-0.2, -0.15) is 0 Å². The number of phenolic OH excluding ortho intramolecular Hbond substituents is 1. The summed E-state index contributed by atoms with van der Waals surface area (Å²) in [6, 6.07) is 4.88. The van der Waals surface area contributed by atoms with Gasteiger partial charge in [0.15, 0.2) is 0 Å². The van der Waals surface area contributed by atoms with E-state index >= 15 is 0 Å². The van der Waals surface area contributed by atoms with Crippen molar-refractivity contribution in [3.8, 4) is 5.75 Å². The van der Waals surface area contributed by atoms with E-state index in [0.717, 1.165) is 5.56 Å². The molecule has 2 amide bonds. The molecule has 18 heavy (non-hydrogen) atoms. The lowest BCUT2D eigenvalue weighted by Crippen LogP contribution is -2.36. The van der Waals surface area contributed by atoms with E-state index in [1.54, 1.807) is 19.1 Å². The zero-order chi connectivity index (χ0) is 13.2. The number of carbonyl (C=O) groups excluding carboxylic acids is 2. The molecule has 1 aromatic carbocycles. The Morgan fingerprint density at radius 1 is 1.17 bits per heavy atom. The van der Waals surface area contributed by atoms with Crippen molar-refractivity contribution >= 4 is 17.5 Å². The van der Waals surface area contributed by atoms with Crippen molar-refractivity contribution in [1.29, 1.82) is 0 Å². The number of hydrogen-bond acceptors (Lipinski definition) is 3. The summed E-state index contributed by atoms with van der Waals surface area (Å²) in [5.74, 6) is -0.550. The van der Waals surface area contributed by atoms with Crippen molar-refractivity contribution < 1.29 is 14.7 Å². The number of nitrogens with zero attached hydrogens (tertiary/aromatic N) is 1. The van der Waals surface area contributed by atoms with Crippen molar-refractivity contribution in [2.75, 3.05) is 4.90 Å². The molecule has 1 saturated heterocycles. The maximum Gasteiger partial charge on any atom is 0.238 e. The van der Waals surface area contributed by atoms with Gasteiger partial charge in [0, 0.05) is 6.07 Å². The van der Waals surface area contributed by atoms with Gasteiger partial charge in [-0.05, 0) is 24.0 Å². The summed E-state index contributed by atoms with van der Waals surface area (Å²) in [6.45, 7) is 5.66. The van der Waals surface area contributed by atoms with E-state index < -0.39 is 0 Å². The second kappa shape index (κ2) is 3.13. The zero-order valence-corrected chi connectivity index (χ0v) is 10.6. The summed E-state index contributed by atoms with van der Waals surface area (Å²) >= 11 is 0. The van der Waals surface area contributed by atoms with E-state index in [9.17, 15) is 14.7 Å². The normalized spacial score (nSPS) is 28.5. The maximum atomic E-state index is 12.2. The number of piperidine rings is 1. The standard InChI is InChI=1S/C14H15NO3/c1-7-4-5-8(6-9(7)16)15-12(17)10-11(13(15)18)14(10,2)3/h4-6,10-11,16H,1-3H3. The molecule has 0 spiro atoms. The fourth-order valence-electron chi connectivity index (χ4n) is 2.94. The lowest BCUT2D eigenvalue weighted by atomic mass is 10.0. The Hall–Kier alpha value is -1.84. The lowest BCUT2D eigenvalue weighted by Gasteiger charge is -2.20. The van der Waals surface area contributed by atoms with Crippen molar-refractivity contribution in [3.05, 3.63) is 23.8 Å². The average Bonchev–Trinajstić information content (AvgIpc) is 2.74.